The fourth-order valence-electron chi connectivity index (χ4n) is 2.84. The largest absolute Gasteiger partial charge is 0.416 e. The summed E-state index contributed by atoms with van der Waals surface area (Å²) in [6.07, 6.45) is -4.42. The van der Waals surface area contributed by atoms with Gasteiger partial charge in [0.15, 0.2) is 5.11 Å². The minimum atomic E-state index is -4.42. The van der Waals surface area contributed by atoms with Crippen LogP contribution in [0.3, 0.4) is 0 Å². The van der Waals surface area contributed by atoms with Crippen LogP contribution in [0.1, 0.15) is 11.1 Å². The standard InChI is InChI=1S/C19H20F3N3OS/c20-19(21,22)15-6-7-17(25-8-10-26-11-9-25)16(12-15)24-18(27)23-13-14-4-2-1-3-5-14/h1-7,12H,8-11,13H2,(H2,23,24,27). The van der Waals surface area contributed by atoms with Gasteiger partial charge in [0, 0.05) is 19.6 Å². The van der Waals surface area contributed by atoms with E-state index in [1.807, 2.05) is 35.2 Å². The molecule has 0 atom stereocenters. The number of nitrogens with one attached hydrogen (secondary N) is 2. The minimum absolute atomic E-state index is 0.271. The Balaban J connectivity index is 1.76. The number of rotatable bonds is 4. The highest BCUT2D eigenvalue weighted by molar-refractivity contribution is 7.80. The van der Waals surface area contributed by atoms with Gasteiger partial charge >= 0.3 is 6.18 Å². The van der Waals surface area contributed by atoms with Crippen LogP contribution >= 0.6 is 12.2 Å². The molecule has 0 amide bonds. The van der Waals surface area contributed by atoms with Crippen molar-refractivity contribution in [3.63, 3.8) is 0 Å². The Kier molecular flexibility index (Phi) is 6.18. The summed E-state index contributed by atoms with van der Waals surface area (Å²) in [5.74, 6) is 0. The third-order valence-electron chi connectivity index (χ3n) is 4.22. The van der Waals surface area contributed by atoms with Crippen molar-refractivity contribution in [3.8, 4) is 0 Å². The number of hydrogen-bond acceptors (Lipinski definition) is 3. The summed E-state index contributed by atoms with van der Waals surface area (Å²) in [5.41, 5.74) is 1.32. The van der Waals surface area contributed by atoms with E-state index in [1.54, 1.807) is 0 Å². The second-order valence-corrected chi connectivity index (χ2v) is 6.53. The molecule has 1 aliphatic heterocycles. The summed E-state index contributed by atoms with van der Waals surface area (Å²) in [7, 11) is 0. The van der Waals surface area contributed by atoms with E-state index in [-0.39, 0.29) is 5.11 Å². The maximum atomic E-state index is 13.1. The van der Waals surface area contributed by atoms with Gasteiger partial charge in [-0.1, -0.05) is 30.3 Å². The normalized spacial score (nSPS) is 14.7. The van der Waals surface area contributed by atoms with Gasteiger partial charge < -0.3 is 20.3 Å². The number of thiocarbonyl (C=S) groups is 1. The van der Waals surface area contributed by atoms with Crippen LogP contribution in [0.4, 0.5) is 24.5 Å². The summed E-state index contributed by atoms with van der Waals surface area (Å²) >= 11 is 5.29. The molecule has 2 aromatic rings. The Bertz CT molecular complexity index is 778. The first-order valence-electron chi connectivity index (χ1n) is 8.56. The second-order valence-electron chi connectivity index (χ2n) is 6.12. The SMILES string of the molecule is FC(F)(F)c1ccc(N2CCOCC2)c(NC(=S)NCc2ccccc2)c1. The Labute approximate surface area is 161 Å². The highest BCUT2D eigenvalue weighted by atomic mass is 32.1. The number of ether oxygens (including phenoxy) is 1. The predicted molar refractivity (Wildman–Crippen MR) is 104 cm³/mol. The van der Waals surface area contributed by atoms with Gasteiger partial charge in [0.05, 0.1) is 30.2 Å². The summed E-state index contributed by atoms with van der Waals surface area (Å²) in [5, 5.41) is 6.23. The highest BCUT2D eigenvalue weighted by Crippen LogP contribution is 2.35. The van der Waals surface area contributed by atoms with Crippen molar-refractivity contribution >= 4 is 28.7 Å². The zero-order valence-corrected chi connectivity index (χ0v) is 15.4. The lowest BCUT2D eigenvalue weighted by atomic mass is 10.1. The summed E-state index contributed by atoms with van der Waals surface area (Å²) in [6, 6.07) is 13.3. The Morgan fingerprint density at radius 2 is 1.78 bits per heavy atom. The average molecular weight is 395 g/mol. The van der Waals surface area contributed by atoms with Crippen LogP contribution < -0.4 is 15.5 Å². The first-order valence-corrected chi connectivity index (χ1v) is 8.97. The molecule has 0 bridgehead atoms. The smallest absolute Gasteiger partial charge is 0.378 e. The molecule has 1 aliphatic rings. The maximum absolute atomic E-state index is 13.1. The molecule has 0 spiro atoms. The van der Waals surface area contributed by atoms with Crippen molar-refractivity contribution in [1.29, 1.82) is 0 Å². The van der Waals surface area contributed by atoms with Crippen molar-refractivity contribution in [1.82, 2.24) is 5.32 Å². The molecular formula is C19H20F3N3OS. The Morgan fingerprint density at radius 3 is 2.44 bits per heavy atom. The quantitative estimate of drug-likeness (QED) is 0.765. The zero-order chi connectivity index (χ0) is 19.3. The number of alkyl halides is 3. The van der Waals surface area contributed by atoms with Crippen molar-refractivity contribution in [3.05, 3.63) is 59.7 Å². The van der Waals surface area contributed by atoms with Gasteiger partial charge in [-0.25, -0.2) is 0 Å². The molecule has 0 radical (unpaired) electrons. The maximum Gasteiger partial charge on any atom is 0.416 e. The molecule has 0 saturated carbocycles. The zero-order valence-electron chi connectivity index (χ0n) is 14.6. The second kappa shape index (κ2) is 8.58. The van der Waals surface area contributed by atoms with Gasteiger partial charge in [-0.3, -0.25) is 0 Å². The van der Waals surface area contributed by atoms with Crippen molar-refractivity contribution in [2.45, 2.75) is 12.7 Å². The first kappa shape index (κ1) is 19.4. The molecule has 1 heterocycles. The molecule has 27 heavy (non-hydrogen) atoms. The van der Waals surface area contributed by atoms with Crippen LogP contribution in [0.15, 0.2) is 48.5 Å². The molecule has 2 N–H and O–H groups in total. The third-order valence-corrected chi connectivity index (χ3v) is 4.47. The molecule has 1 fully saturated rings. The molecule has 0 unspecified atom stereocenters. The lowest BCUT2D eigenvalue weighted by molar-refractivity contribution is -0.137. The van der Waals surface area contributed by atoms with Gasteiger partial charge in [-0.05, 0) is 36.0 Å². The molecule has 2 aromatic carbocycles. The first-order chi connectivity index (χ1) is 12.9. The van der Waals surface area contributed by atoms with Gasteiger partial charge in [0.2, 0.25) is 0 Å². The lowest BCUT2D eigenvalue weighted by Crippen LogP contribution is -2.37. The van der Waals surface area contributed by atoms with E-state index in [1.165, 1.54) is 6.07 Å². The Morgan fingerprint density at radius 1 is 1.07 bits per heavy atom. The summed E-state index contributed by atoms with van der Waals surface area (Å²) in [4.78, 5) is 1.99. The van der Waals surface area contributed by atoms with Gasteiger partial charge in [0.25, 0.3) is 0 Å². The van der Waals surface area contributed by atoms with Crippen LogP contribution in [0.25, 0.3) is 0 Å². The number of halogens is 3. The van der Waals surface area contributed by atoms with Crippen LogP contribution in [0, 0.1) is 0 Å². The molecule has 4 nitrogen and oxygen atoms in total. The fourth-order valence-corrected chi connectivity index (χ4v) is 3.02. The highest BCUT2D eigenvalue weighted by Gasteiger charge is 2.31. The van der Waals surface area contributed by atoms with E-state index in [2.05, 4.69) is 10.6 Å². The molecule has 144 valence electrons. The third kappa shape index (κ3) is 5.33. The van der Waals surface area contributed by atoms with E-state index < -0.39 is 11.7 Å². The molecule has 0 aliphatic carbocycles. The van der Waals surface area contributed by atoms with Gasteiger partial charge in [-0.15, -0.1) is 0 Å². The molecular weight excluding hydrogens is 375 g/mol. The molecule has 8 heteroatoms. The molecule has 0 aromatic heterocycles. The molecule has 1 saturated heterocycles. The molecule has 3 rings (SSSR count). The number of hydrogen-bond donors (Lipinski definition) is 2. The van der Waals surface area contributed by atoms with Crippen LogP contribution in [0.5, 0.6) is 0 Å². The minimum Gasteiger partial charge on any atom is -0.378 e. The average Bonchev–Trinajstić information content (AvgIpc) is 2.67. The predicted octanol–water partition coefficient (Wildman–Crippen LogP) is 4.03. The Hall–Kier alpha value is -2.32. The fraction of sp³-hybridized carbons (Fsp3) is 0.316. The van der Waals surface area contributed by atoms with Crippen LogP contribution in [-0.4, -0.2) is 31.4 Å². The van der Waals surface area contributed by atoms with Gasteiger partial charge in [0.1, 0.15) is 0 Å². The van der Waals surface area contributed by atoms with Crippen LogP contribution in [0.2, 0.25) is 0 Å². The van der Waals surface area contributed by atoms with Gasteiger partial charge in [-0.2, -0.15) is 13.2 Å². The lowest BCUT2D eigenvalue weighted by Gasteiger charge is -2.31. The van der Waals surface area contributed by atoms with E-state index >= 15 is 0 Å². The number of benzene rings is 2. The van der Waals surface area contributed by atoms with Crippen LogP contribution in [-0.2, 0) is 17.5 Å². The number of anilines is 2. The van der Waals surface area contributed by atoms with E-state index in [0.29, 0.717) is 44.2 Å². The monoisotopic (exact) mass is 395 g/mol. The van der Waals surface area contributed by atoms with E-state index in [9.17, 15) is 13.2 Å². The summed E-state index contributed by atoms with van der Waals surface area (Å²) < 4.78 is 44.7. The number of nitrogens with zero attached hydrogens (tertiary/aromatic N) is 1. The number of morpholine rings is 1. The van der Waals surface area contributed by atoms with Crippen molar-refractivity contribution in [2.75, 3.05) is 36.5 Å². The van der Waals surface area contributed by atoms with E-state index in [0.717, 1.165) is 17.7 Å². The van der Waals surface area contributed by atoms with E-state index in [4.69, 9.17) is 17.0 Å². The topological polar surface area (TPSA) is 36.5 Å². The van der Waals surface area contributed by atoms with Crippen molar-refractivity contribution in [2.24, 2.45) is 0 Å². The summed E-state index contributed by atoms with van der Waals surface area (Å²) in [6.45, 7) is 2.79. The van der Waals surface area contributed by atoms with Crippen molar-refractivity contribution < 1.29 is 17.9 Å².